The predicted octanol–water partition coefficient (Wildman–Crippen LogP) is -0.813. The lowest BCUT2D eigenvalue weighted by Crippen LogP contribution is -2.29. The molecule has 1 aliphatic rings. The van der Waals surface area contributed by atoms with Crippen LogP contribution in [0, 0.1) is 0 Å². The van der Waals surface area contributed by atoms with Gasteiger partial charge in [-0.05, 0) is 19.8 Å². The Hall–Kier alpha value is -2.89. The van der Waals surface area contributed by atoms with Crippen LogP contribution >= 0.6 is 0 Å². The number of ether oxygens (including phenoxy) is 3. The van der Waals surface area contributed by atoms with Gasteiger partial charge in [0.25, 0.3) is 0 Å². The fourth-order valence-electron chi connectivity index (χ4n) is 2.61. The number of nitrogens with zero attached hydrogens (tertiary/aromatic N) is 6. The zero-order valence-corrected chi connectivity index (χ0v) is 14.3. The Labute approximate surface area is 147 Å². The molecule has 0 N–H and O–H groups in total. The van der Waals surface area contributed by atoms with Crippen molar-refractivity contribution in [2.75, 3.05) is 13.2 Å². The molecule has 26 heavy (non-hydrogen) atoms. The Balaban J connectivity index is 1.77. The highest BCUT2D eigenvalue weighted by atomic mass is 16.6. The van der Waals surface area contributed by atoms with Crippen LogP contribution in [0.25, 0.3) is 11.2 Å². The fourth-order valence-corrected chi connectivity index (χ4v) is 2.61. The number of hydrogen-bond donors (Lipinski definition) is 0. The standard InChI is InChI=1S/C14H18N6O6/c1-3-24-11(22)6-19-13-12(15-17-19)14(23)20(18-16-13)10-5-4-9(26-10)7-25-8(2)21/h9-10H,3-7H2,1-2H3. The topological polar surface area (TPSA) is 140 Å². The van der Waals surface area contributed by atoms with Crippen molar-refractivity contribution in [2.24, 2.45) is 0 Å². The van der Waals surface area contributed by atoms with Gasteiger partial charge in [0, 0.05) is 6.92 Å². The molecule has 1 saturated heterocycles. The van der Waals surface area contributed by atoms with E-state index in [9.17, 15) is 14.4 Å². The molecule has 140 valence electrons. The average Bonchev–Trinajstić information content (AvgIpc) is 3.21. The SMILES string of the molecule is CCOC(=O)Cn1nnc2c(=O)n(C3CCC(COC(C)=O)O3)nnc21. The first-order valence-corrected chi connectivity index (χ1v) is 8.12. The summed E-state index contributed by atoms with van der Waals surface area (Å²) in [7, 11) is 0. The first kappa shape index (κ1) is 17.9. The summed E-state index contributed by atoms with van der Waals surface area (Å²) in [5.74, 6) is -0.911. The maximum atomic E-state index is 12.6. The van der Waals surface area contributed by atoms with Crippen LogP contribution in [0.15, 0.2) is 4.79 Å². The Morgan fingerprint density at radius 3 is 2.77 bits per heavy atom. The Morgan fingerprint density at radius 2 is 2.04 bits per heavy atom. The third kappa shape index (κ3) is 3.69. The summed E-state index contributed by atoms with van der Waals surface area (Å²) in [6.07, 6.45) is 0.186. The van der Waals surface area contributed by atoms with Crippen molar-refractivity contribution in [1.82, 2.24) is 30.0 Å². The van der Waals surface area contributed by atoms with Crippen LogP contribution in [0.1, 0.15) is 32.9 Å². The van der Waals surface area contributed by atoms with E-state index in [0.717, 1.165) is 9.36 Å². The number of carbonyl (C=O) groups is 2. The quantitative estimate of drug-likeness (QED) is 0.596. The first-order chi connectivity index (χ1) is 12.5. The first-order valence-electron chi connectivity index (χ1n) is 8.12. The monoisotopic (exact) mass is 366 g/mol. The molecular weight excluding hydrogens is 348 g/mol. The number of rotatable bonds is 6. The van der Waals surface area contributed by atoms with Crippen molar-refractivity contribution in [3.8, 4) is 0 Å². The van der Waals surface area contributed by atoms with Gasteiger partial charge >= 0.3 is 17.5 Å². The summed E-state index contributed by atoms with van der Waals surface area (Å²) < 4.78 is 17.7. The van der Waals surface area contributed by atoms with Gasteiger partial charge in [0.2, 0.25) is 11.2 Å². The summed E-state index contributed by atoms with van der Waals surface area (Å²) in [4.78, 5) is 35.0. The molecule has 0 amide bonds. The molecule has 2 aromatic rings. The number of carbonyl (C=O) groups excluding carboxylic acids is 2. The maximum Gasteiger partial charge on any atom is 0.327 e. The highest BCUT2D eigenvalue weighted by Gasteiger charge is 2.30. The van der Waals surface area contributed by atoms with Crippen LogP contribution in [-0.4, -0.2) is 61.2 Å². The van der Waals surface area contributed by atoms with Crippen LogP contribution in [0.3, 0.4) is 0 Å². The molecule has 0 aliphatic carbocycles. The molecular formula is C14H18N6O6. The second-order valence-electron chi connectivity index (χ2n) is 5.66. The molecule has 0 aromatic carbocycles. The number of esters is 2. The molecule has 2 unspecified atom stereocenters. The van der Waals surface area contributed by atoms with E-state index < -0.39 is 23.7 Å². The van der Waals surface area contributed by atoms with E-state index in [4.69, 9.17) is 14.2 Å². The molecule has 12 heteroatoms. The number of fused-ring (bicyclic) bond motifs is 1. The largest absolute Gasteiger partial charge is 0.465 e. The molecule has 2 aromatic heterocycles. The van der Waals surface area contributed by atoms with Crippen molar-refractivity contribution >= 4 is 23.1 Å². The average molecular weight is 366 g/mol. The number of hydrogen-bond acceptors (Lipinski definition) is 10. The lowest BCUT2D eigenvalue weighted by atomic mass is 10.2. The van der Waals surface area contributed by atoms with E-state index >= 15 is 0 Å². The molecule has 12 nitrogen and oxygen atoms in total. The van der Waals surface area contributed by atoms with E-state index in [0.29, 0.717) is 12.8 Å². The lowest BCUT2D eigenvalue weighted by molar-refractivity contribution is -0.146. The summed E-state index contributed by atoms with van der Waals surface area (Å²) in [6, 6.07) is 0. The van der Waals surface area contributed by atoms with E-state index in [-0.39, 0.29) is 37.0 Å². The van der Waals surface area contributed by atoms with Crippen LogP contribution < -0.4 is 5.56 Å². The van der Waals surface area contributed by atoms with Crippen molar-refractivity contribution in [3.05, 3.63) is 10.4 Å². The van der Waals surface area contributed by atoms with Gasteiger partial charge in [-0.2, -0.15) is 4.68 Å². The Kier molecular flexibility index (Phi) is 5.21. The molecule has 1 aliphatic heterocycles. The summed E-state index contributed by atoms with van der Waals surface area (Å²) in [6.45, 7) is 3.14. The third-order valence-electron chi connectivity index (χ3n) is 3.77. The summed E-state index contributed by atoms with van der Waals surface area (Å²) in [5, 5.41) is 15.4. The Bertz CT molecular complexity index is 876. The van der Waals surface area contributed by atoms with Gasteiger partial charge in [0.15, 0.2) is 6.23 Å². The summed E-state index contributed by atoms with van der Waals surface area (Å²) >= 11 is 0. The zero-order valence-electron chi connectivity index (χ0n) is 14.3. The van der Waals surface area contributed by atoms with Gasteiger partial charge < -0.3 is 14.2 Å². The van der Waals surface area contributed by atoms with Crippen LogP contribution in [0.4, 0.5) is 0 Å². The lowest BCUT2D eigenvalue weighted by Gasteiger charge is -2.14. The van der Waals surface area contributed by atoms with Crippen LogP contribution in [0.2, 0.25) is 0 Å². The molecule has 0 saturated carbocycles. The molecule has 0 spiro atoms. The minimum Gasteiger partial charge on any atom is -0.465 e. The van der Waals surface area contributed by atoms with E-state index in [1.807, 2.05) is 0 Å². The normalized spacial score (nSPS) is 19.6. The van der Waals surface area contributed by atoms with Gasteiger partial charge in [0.05, 0.1) is 12.7 Å². The van der Waals surface area contributed by atoms with Crippen molar-refractivity contribution < 1.29 is 23.8 Å². The van der Waals surface area contributed by atoms with E-state index in [1.54, 1.807) is 6.92 Å². The van der Waals surface area contributed by atoms with Gasteiger partial charge in [0.1, 0.15) is 13.2 Å². The van der Waals surface area contributed by atoms with Gasteiger partial charge in [-0.1, -0.05) is 10.4 Å². The van der Waals surface area contributed by atoms with Crippen molar-refractivity contribution in [1.29, 1.82) is 0 Å². The molecule has 3 heterocycles. The zero-order chi connectivity index (χ0) is 18.7. The van der Waals surface area contributed by atoms with Gasteiger partial charge in [-0.3, -0.25) is 14.4 Å². The highest BCUT2D eigenvalue weighted by molar-refractivity contribution is 5.73. The Morgan fingerprint density at radius 1 is 1.23 bits per heavy atom. The van der Waals surface area contributed by atoms with Crippen LogP contribution in [0.5, 0.6) is 0 Å². The second-order valence-corrected chi connectivity index (χ2v) is 5.66. The predicted molar refractivity (Wildman–Crippen MR) is 83.8 cm³/mol. The third-order valence-corrected chi connectivity index (χ3v) is 3.77. The minimum absolute atomic E-state index is 0.0173. The summed E-state index contributed by atoms with van der Waals surface area (Å²) in [5.41, 5.74) is -0.451. The fraction of sp³-hybridized carbons (Fsp3) is 0.643. The molecule has 3 rings (SSSR count). The smallest absolute Gasteiger partial charge is 0.327 e. The van der Waals surface area contributed by atoms with Crippen LogP contribution in [-0.2, 0) is 30.3 Å². The minimum atomic E-state index is -0.629. The maximum absolute atomic E-state index is 12.6. The van der Waals surface area contributed by atoms with E-state index in [1.165, 1.54) is 6.92 Å². The van der Waals surface area contributed by atoms with Crippen molar-refractivity contribution in [2.45, 2.75) is 45.6 Å². The molecule has 1 fully saturated rings. The highest BCUT2D eigenvalue weighted by Crippen LogP contribution is 2.26. The number of aromatic nitrogens is 6. The second kappa shape index (κ2) is 7.56. The molecule has 2 atom stereocenters. The molecule has 0 bridgehead atoms. The van der Waals surface area contributed by atoms with E-state index in [2.05, 4.69) is 20.6 Å². The van der Waals surface area contributed by atoms with Crippen molar-refractivity contribution in [3.63, 3.8) is 0 Å². The van der Waals surface area contributed by atoms with Gasteiger partial charge in [-0.25, -0.2) is 4.68 Å². The molecule has 0 radical (unpaired) electrons. The van der Waals surface area contributed by atoms with Gasteiger partial charge in [-0.15, -0.1) is 10.2 Å².